The summed E-state index contributed by atoms with van der Waals surface area (Å²) in [5.74, 6) is -0.874. The molecule has 3 aliphatic rings. The van der Waals surface area contributed by atoms with E-state index in [9.17, 15) is 19.5 Å². The maximum absolute atomic E-state index is 12.9. The first-order chi connectivity index (χ1) is 17.4. The number of ether oxygens (including phenoxy) is 2. The standard InChI is InChI=1S/C28H26N2O6/c1-3-5-20-11-17(14-29-30-26(31)23-18-8-9-19(13-18)24(23)27(30)32)12-22(35-2)25(20)36-15-16-6-4-7-21(10-16)28(33)34/h3-4,6-12,14,18-19,23-24H,1,5,13,15H2,2H3,(H,33,34). The predicted molar refractivity (Wildman–Crippen MR) is 132 cm³/mol. The van der Waals surface area contributed by atoms with Crippen molar-refractivity contribution in [2.45, 2.75) is 19.4 Å². The Morgan fingerprint density at radius 2 is 1.89 bits per heavy atom. The number of carbonyl (C=O) groups excluding carboxylic acids is 2. The number of amides is 2. The van der Waals surface area contributed by atoms with Crippen molar-refractivity contribution in [2.75, 3.05) is 7.11 Å². The molecule has 2 aromatic carbocycles. The van der Waals surface area contributed by atoms with Crippen molar-refractivity contribution in [3.63, 3.8) is 0 Å². The number of hydrazone groups is 1. The summed E-state index contributed by atoms with van der Waals surface area (Å²) in [6.07, 6.45) is 8.66. The van der Waals surface area contributed by atoms with E-state index in [0.29, 0.717) is 29.0 Å². The molecule has 8 heteroatoms. The van der Waals surface area contributed by atoms with Crippen molar-refractivity contribution in [3.05, 3.63) is 83.5 Å². The molecule has 2 aromatic rings. The number of methoxy groups -OCH3 is 1. The molecular formula is C28H26N2O6. The number of imide groups is 1. The van der Waals surface area contributed by atoms with Crippen LogP contribution in [-0.2, 0) is 22.6 Å². The summed E-state index contributed by atoms with van der Waals surface area (Å²) in [4.78, 5) is 37.1. The molecule has 0 aromatic heterocycles. The minimum atomic E-state index is -1.01. The first-order valence-electron chi connectivity index (χ1n) is 11.8. The van der Waals surface area contributed by atoms with Crippen LogP contribution in [-0.4, -0.2) is 41.2 Å². The van der Waals surface area contributed by atoms with E-state index in [0.717, 1.165) is 17.0 Å². The monoisotopic (exact) mass is 486 g/mol. The van der Waals surface area contributed by atoms with Crippen molar-refractivity contribution in [1.82, 2.24) is 5.01 Å². The number of aromatic carboxylic acids is 1. The minimum Gasteiger partial charge on any atom is -0.493 e. The Balaban J connectivity index is 1.38. The van der Waals surface area contributed by atoms with Crippen LogP contribution in [0.25, 0.3) is 0 Å². The van der Waals surface area contributed by atoms with E-state index in [1.807, 2.05) is 18.2 Å². The van der Waals surface area contributed by atoms with E-state index in [1.165, 1.54) is 19.4 Å². The highest BCUT2D eigenvalue weighted by Gasteiger charge is 2.59. The quantitative estimate of drug-likeness (QED) is 0.328. The summed E-state index contributed by atoms with van der Waals surface area (Å²) in [6, 6.07) is 10.1. The summed E-state index contributed by atoms with van der Waals surface area (Å²) < 4.78 is 11.6. The van der Waals surface area contributed by atoms with E-state index >= 15 is 0 Å². The summed E-state index contributed by atoms with van der Waals surface area (Å²) in [6.45, 7) is 3.96. The number of carboxylic acids is 1. The van der Waals surface area contributed by atoms with E-state index in [1.54, 1.807) is 30.3 Å². The fraction of sp³-hybridized carbons (Fsp3) is 0.286. The number of nitrogens with zero attached hydrogens (tertiary/aromatic N) is 2. The Morgan fingerprint density at radius 3 is 2.53 bits per heavy atom. The Kier molecular flexibility index (Phi) is 6.18. The first-order valence-corrected chi connectivity index (χ1v) is 11.8. The molecule has 2 fully saturated rings. The third kappa shape index (κ3) is 4.08. The molecule has 2 bridgehead atoms. The average Bonchev–Trinajstić information content (AvgIpc) is 3.56. The lowest BCUT2D eigenvalue weighted by molar-refractivity contribution is -0.140. The fourth-order valence-corrected chi connectivity index (χ4v) is 5.46. The zero-order chi connectivity index (χ0) is 25.4. The van der Waals surface area contributed by atoms with E-state index < -0.39 is 5.97 Å². The van der Waals surface area contributed by atoms with Gasteiger partial charge in [0.2, 0.25) is 0 Å². The molecule has 1 heterocycles. The molecule has 1 aliphatic heterocycles. The summed E-state index contributed by atoms with van der Waals surface area (Å²) in [7, 11) is 1.52. The van der Waals surface area contributed by atoms with Gasteiger partial charge in [-0.15, -0.1) is 6.58 Å². The van der Waals surface area contributed by atoms with Gasteiger partial charge in [0.25, 0.3) is 11.8 Å². The maximum Gasteiger partial charge on any atom is 0.335 e. The third-order valence-corrected chi connectivity index (χ3v) is 7.06. The smallest absolute Gasteiger partial charge is 0.335 e. The number of hydrogen-bond donors (Lipinski definition) is 1. The largest absolute Gasteiger partial charge is 0.493 e. The van der Waals surface area contributed by atoms with Crippen molar-refractivity contribution >= 4 is 24.0 Å². The molecule has 36 heavy (non-hydrogen) atoms. The molecule has 2 amide bonds. The van der Waals surface area contributed by atoms with E-state index in [-0.39, 0.29) is 47.7 Å². The van der Waals surface area contributed by atoms with E-state index in [2.05, 4.69) is 11.7 Å². The van der Waals surface area contributed by atoms with Crippen LogP contribution in [0.1, 0.15) is 33.5 Å². The van der Waals surface area contributed by atoms with Gasteiger partial charge in [-0.05, 0) is 60.1 Å². The summed E-state index contributed by atoms with van der Waals surface area (Å²) in [5, 5.41) is 14.5. The number of carbonyl (C=O) groups is 3. The predicted octanol–water partition coefficient (Wildman–Crippen LogP) is 3.84. The lowest BCUT2D eigenvalue weighted by Gasteiger charge is -2.16. The molecule has 8 nitrogen and oxygen atoms in total. The first kappa shape index (κ1) is 23.5. The number of fused-ring (bicyclic) bond motifs is 5. The van der Waals surface area contributed by atoms with Gasteiger partial charge in [0.1, 0.15) is 6.61 Å². The van der Waals surface area contributed by atoms with Crippen LogP contribution in [0.15, 0.2) is 66.3 Å². The molecule has 0 spiro atoms. The molecule has 4 atom stereocenters. The molecule has 4 unspecified atom stereocenters. The Hall–Kier alpha value is -4.20. The highest BCUT2D eigenvalue weighted by molar-refractivity contribution is 6.06. The Bertz CT molecular complexity index is 1280. The molecule has 0 radical (unpaired) electrons. The second-order valence-corrected chi connectivity index (χ2v) is 9.23. The summed E-state index contributed by atoms with van der Waals surface area (Å²) in [5.41, 5.74) is 2.30. The number of rotatable bonds is 9. The molecule has 1 N–H and O–H groups in total. The van der Waals surface area contributed by atoms with Crippen molar-refractivity contribution in [1.29, 1.82) is 0 Å². The zero-order valence-corrected chi connectivity index (χ0v) is 19.8. The second-order valence-electron chi connectivity index (χ2n) is 9.23. The van der Waals surface area contributed by atoms with Gasteiger partial charge in [-0.1, -0.05) is 30.4 Å². The van der Waals surface area contributed by atoms with Gasteiger partial charge in [-0.25, -0.2) is 4.79 Å². The topological polar surface area (TPSA) is 106 Å². The summed E-state index contributed by atoms with van der Waals surface area (Å²) >= 11 is 0. The highest BCUT2D eigenvalue weighted by atomic mass is 16.5. The SMILES string of the molecule is C=CCc1cc(C=NN2C(=O)C3C4C=CC(C4)C3C2=O)cc(OC)c1OCc1cccc(C(=O)O)c1. The molecule has 2 aliphatic carbocycles. The number of hydrogen-bond acceptors (Lipinski definition) is 6. The third-order valence-electron chi connectivity index (χ3n) is 7.06. The Morgan fingerprint density at radius 1 is 1.17 bits per heavy atom. The molecular weight excluding hydrogens is 460 g/mol. The highest BCUT2D eigenvalue weighted by Crippen LogP contribution is 2.52. The van der Waals surface area contributed by atoms with Gasteiger partial charge in [0.05, 0.1) is 30.7 Å². The van der Waals surface area contributed by atoms with Gasteiger partial charge in [-0.3, -0.25) is 9.59 Å². The molecule has 1 saturated carbocycles. The number of allylic oxidation sites excluding steroid dienone is 3. The molecule has 1 saturated heterocycles. The normalized spacial score (nSPS) is 24.0. The van der Waals surface area contributed by atoms with Crippen LogP contribution in [0.2, 0.25) is 0 Å². The minimum absolute atomic E-state index is 0.128. The van der Waals surface area contributed by atoms with Gasteiger partial charge in [0.15, 0.2) is 11.5 Å². The molecule has 5 rings (SSSR count). The molecule has 184 valence electrons. The van der Waals surface area contributed by atoms with Crippen LogP contribution in [0, 0.1) is 23.7 Å². The average molecular weight is 487 g/mol. The Labute approximate surface area is 208 Å². The van der Waals surface area contributed by atoms with Crippen molar-refractivity contribution in [2.24, 2.45) is 28.8 Å². The van der Waals surface area contributed by atoms with Crippen LogP contribution < -0.4 is 9.47 Å². The second kappa shape index (κ2) is 9.45. The maximum atomic E-state index is 12.9. The van der Waals surface area contributed by atoms with Crippen LogP contribution in [0.5, 0.6) is 11.5 Å². The fourth-order valence-electron chi connectivity index (χ4n) is 5.46. The van der Waals surface area contributed by atoms with E-state index in [4.69, 9.17) is 9.47 Å². The number of carboxylic acid groups (broad SMARTS) is 1. The van der Waals surface area contributed by atoms with Crippen LogP contribution >= 0.6 is 0 Å². The van der Waals surface area contributed by atoms with Gasteiger partial charge >= 0.3 is 5.97 Å². The van der Waals surface area contributed by atoms with Crippen LogP contribution in [0.3, 0.4) is 0 Å². The lowest BCUT2D eigenvalue weighted by atomic mass is 9.85. The number of benzene rings is 2. The lowest BCUT2D eigenvalue weighted by Crippen LogP contribution is -2.28. The van der Waals surface area contributed by atoms with Crippen molar-refractivity contribution < 1.29 is 29.0 Å². The van der Waals surface area contributed by atoms with Gasteiger partial charge in [0, 0.05) is 5.56 Å². The zero-order valence-electron chi connectivity index (χ0n) is 19.8. The van der Waals surface area contributed by atoms with Crippen molar-refractivity contribution in [3.8, 4) is 11.5 Å². The van der Waals surface area contributed by atoms with Gasteiger partial charge < -0.3 is 14.6 Å². The van der Waals surface area contributed by atoms with Crippen LogP contribution in [0.4, 0.5) is 0 Å². The van der Waals surface area contributed by atoms with Gasteiger partial charge in [-0.2, -0.15) is 10.1 Å².